The molecule has 7 heteroatoms. The normalized spacial score (nSPS) is 9.57. The fraction of sp³-hybridized carbons (Fsp3) is 0. The van der Waals surface area contributed by atoms with Crippen LogP contribution in [0.15, 0.2) is 23.1 Å². The Kier molecular flexibility index (Phi) is 3.87. The summed E-state index contributed by atoms with van der Waals surface area (Å²) in [6.07, 6.45) is 0. The molecule has 0 saturated heterocycles. The Labute approximate surface area is 85.0 Å². The fourth-order valence-electron chi connectivity index (χ4n) is 0.803. The van der Waals surface area contributed by atoms with Crippen molar-refractivity contribution in [1.82, 2.24) is 0 Å². The van der Waals surface area contributed by atoms with E-state index in [0.29, 0.717) is 4.35 Å². The molecular weight excluding hydrogens is 522 g/mol. The number of rotatable bonds is 2. The standard InChI is InChI=1S/C7H4AsO4S.Rf/c8-5-1-4(7(9)10)2-6(3-5)13(11)12;/h1-3H,(H,9,10);/q-1;. The second-order valence-electron chi connectivity index (χ2n) is 2.26. The Morgan fingerprint density at radius 1 is 1.29 bits per heavy atom. The minimum Gasteiger partial charge on any atom is 0 e. The first-order valence-corrected chi connectivity index (χ1v) is 5.18. The van der Waals surface area contributed by atoms with Gasteiger partial charge in [-0.2, -0.15) is 0 Å². The summed E-state index contributed by atoms with van der Waals surface area (Å²) in [4.78, 5) is 10.5. The minimum absolute atomic E-state index is 0. The molecule has 0 atom stereocenters. The Balaban J connectivity index is 0.00000169. The maximum atomic E-state index is 10.5. The molecule has 0 fully saturated rings. The maximum absolute atomic E-state index is 10.5. The van der Waals surface area contributed by atoms with Crippen LogP contribution in [0.2, 0.25) is 0 Å². The van der Waals surface area contributed by atoms with Crippen LogP contribution in [0.1, 0.15) is 10.4 Å². The van der Waals surface area contributed by atoms with E-state index in [4.69, 9.17) is 5.11 Å². The third-order valence-corrected chi connectivity index (χ3v) is 2.49. The van der Waals surface area contributed by atoms with Crippen molar-refractivity contribution < 1.29 is 18.3 Å². The molecule has 4 nitrogen and oxygen atoms in total. The van der Waals surface area contributed by atoms with Gasteiger partial charge in [-0.05, 0) is 0 Å². The fourth-order valence-corrected chi connectivity index (χ4v) is 2.02. The van der Waals surface area contributed by atoms with E-state index < -0.39 is 16.7 Å². The van der Waals surface area contributed by atoms with Gasteiger partial charge in [0.25, 0.3) is 0 Å². The van der Waals surface area contributed by atoms with Crippen molar-refractivity contribution in [3.8, 4) is 0 Å². The zero-order valence-corrected chi connectivity index (χ0v) is 16.1. The molecule has 0 bridgehead atoms. The zero-order chi connectivity index (χ0) is 10.0. The van der Waals surface area contributed by atoms with Gasteiger partial charge >= 0.3 is 84.9 Å². The average molecular weight is 526 g/mol. The summed E-state index contributed by atoms with van der Waals surface area (Å²) in [5.41, 5.74) is -0.0303. The zero-order valence-electron chi connectivity index (χ0n) is 6.97. The van der Waals surface area contributed by atoms with Crippen molar-refractivity contribution in [2.45, 2.75) is 4.90 Å². The first-order chi connectivity index (χ1) is 6.00. The van der Waals surface area contributed by atoms with Gasteiger partial charge in [-0.25, -0.2) is 0 Å². The molecule has 0 heterocycles. The molecule has 1 rings (SSSR count). The number of aromatic carboxylic acids is 1. The van der Waals surface area contributed by atoms with E-state index in [-0.39, 0.29) is 10.5 Å². The molecule has 0 spiro atoms. The summed E-state index contributed by atoms with van der Waals surface area (Å²) in [6.45, 7) is 0. The third-order valence-electron chi connectivity index (χ3n) is 1.33. The first-order valence-electron chi connectivity index (χ1n) is 3.17. The quantitative estimate of drug-likeness (QED) is 0.430. The number of benzene rings is 1. The van der Waals surface area contributed by atoms with Crippen molar-refractivity contribution >= 4 is 37.9 Å². The van der Waals surface area contributed by atoms with Crippen molar-refractivity contribution in [2.75, 3.05) is 0 Å². The van der Waals surface area contributed by atoms with Crippen molar-refractivity contribution in [2.24, 2.45) is 0 Å². The van der Waals surface area contributed by atoms with Crippen molar-refractivity contribution in [3.63, 3.8) is 0 Å². The molecule has 0 saturated carbocycles. The van der Waals surface area contributed by atoms with Crippen LogP contribution >= 0.6 is 0 Å². The molecule has 14 heavy (non-hydrogen) atoms. The summed E-state index contributed by atoms with van der Waals surface area (Å²) < 4.78 is 21.6. The van der Waals surface area contributed by atoms with Crippen LogP contribution in [-0.2, 0) is 19.1 Å². The van der Waals surface area contributed by atoms with E-state index in [1.807, 2.05) is 0 Å². The third kappa shape index (κ3) is 2.61. The van der Waals surface area contributed by atoms with Crippen molar-refractivity contribution in [3.05, 3.63) is 23.8 Å². The van der Waals surface area contributed by atoms with E-state index in [1.165, 1.54) is 12.1 Å². The number of carboxylic acid groups (broad SMARTS) is 1. The summed E-state index contributed by atoms with van der Waals surface area (Å²) in [6, 6.07) is 3.89. The van der Waals surface area contributed by atoms with Gasteiger partial charge in [-0.15, -0.1) is 0 Å². The molecule has 0 amide bonds. The van der Waals surface area contributed by atoms with Crippen molar-refractivity contribution in [1.29, 1.82) is 0 Å². The van der Waals surface area contributed by atoms with Crippen LogP contribution < -0.4 is 4.35 Å². The Morgan fingerprint density at radius 3 is 2.29 bits per heavy atom. The van der Waals surface area contributed by atoms with Gasteiger partial charge in [0, 0.05) is 0 Å². The minimum atomic E-state index is -2.39. The average Bonchev–Trinajstić information content (AvgIpc) is 2.03. The van der Waals surface area contributed by atoms with Crippen LogP contribution in [-0.4, -0.2) is 27.9 Å². The molecule has 0 unspecified atom stereocenters. The molecule has 70 valence electrons. The van der Waals surface area contributed by atoms with Crippen LogP contribution in [0.4, 0.5) is 0 Å². The SMILES string of the molecule is O=C(O)c1cc([As])cc([S-](=O)=O)c1.[Rf]. The van der Waals surface area contributed by atoms with Gasteiger partial charge in [-0.3, -0.25) is 0 Å². The molecule has 0 aliphatic rings. The molecule has 0 aliphatic heterocycles. The Hall–Kier alpha value is -1.80. The number of hydrogen-bond donors (Lipinski definition) is 1. The predicted octanol–water partition coefficient (Wildman–Crippen LogP) is -0.153. The molecule has 0 aromatic heterocycles. The smallest absolute Gasteiger partial charge is 0 e. The summed E-state index contributed by atoms with van der Waals surface area (Å²) >= 11 is 2.10. The van der Waals surface area contributed by atoms with Gasteiger partial charge < -0.3 is 0 Å². The largest absolute Gasteiger partial charge is 0 e. The monoisotopic (exact) mass is 526 g/mol. The molecule has 1 aromatic rings. The molecule has 1 aromatic carbocycles. The van der Waals surface area contributed by atoms with Gasteiger partial charge in [0.1, 0.15) is 0 Å². The van der Waals surface area contributed by atoms with Gasteiger partial charge in [0.2, 0.25) is 0 Å². The van der Waals surface area contributed by atoms with Gasteiger partial charge in [-0.1, -0.05) is 0 Å². The summed E-state index contributed by atoms with van der Waals surface area (Å²) in [5.74, 6) is -1.14. The Morgan fingerprint density at radius 2 is 1.86 bits per heavy atom. The van der Waals surface area contributed by atoms with Crippen LogP contribution in [0.5, 0.6) is 0 Å². The van der Waals surface area contributed by atoms with Gasteiger partial charge in [0.05, 0.1) is 0 Å². The van der Waals surface area contributed by atoms with Crippen LogP contribution in [0.25, 0.3) is 0 Å². The van der Waals surface area contributed by atoms with Crippen LogP contribution in [0.3, 0.4) is 0 Å². The number of hydrogen-bond acceptors (Lipinski definition) is 4. The maximum Gasteiger partial charge on any atom is 0 e. The molecule has 0 aliphatic carbocycles. The van der Waals surface area contributed by atoms with E-state index in [9.17, 15) is 13.2 Å². The van der Waals surface area contributed by atoms with E-state index in [2.05, 4.69) is 16.9 Å². The second-order valence-corrected chi connectivity index (χ2v) is 4.28. The predicted molar refractivity (Wildman–Crippen MR) is 45.8 cm³/mol. The summed E-state index contributed by atoms with van der Waals surface area (Å²) in [5, 5.41) is 8.61. The molecule has 1 N–H and O–H groups in total. The van der Waals surface area contributed by atoms with E-state index in [1.54, 1.807) is 0 Å². The molecule has 2 radical (unpaired) electrons. The number of carbonyl (C=O) groups is 1. The van der Waals surface area contributed by atoms with Gasteiger partial charge in [0.15, 0.2) is 0 Å². The topological polar surface area (TPSA) is 71.4 Å². The van der Waals surface area contributed by atoms with Crippen LogP contribution in [0, 0.1) is 0 Å². The second kappa shape index (κ2) is 4.44. The first kappa shape index (κ1) is 12.2. The molecular formula is C7H4AsO4RfS-. The Bertz CT molecular complexity index is 422. The van der Waals surface area contributed by atoms with E-state index in [0.717, 1.165) is 6.07 Å². The van der Waals surface area contributed by atoms with E-state index >= 15 is 0 Å². The summed E-state index contributed by atoms with van der Waals surface area (Å²) in [7, 11) is -2.39. The number of carboxylic acids is 1.